The van der Waals surface area contributed by atoms with E-state index in [0.717, 1.165) is 22.6 Å². The van der Waals surface area contributed by atoms with Crippen LogP contribution in [0.5, 0.6) is 0 Å². The number of aromatic nitrogens is 1. The van der Waals surface area contributed by atoms with E-state index in [0.29, 0.717) is 0 Å². The number of hydrogen-bond donors (Lipinski definition) is 1. The van der Waals surface area contributed by atoms with Gasteiger partial charge in [0.15, 0.2) is 0 Å². The standard InChI is InChI=1S/C8H12N2P.K/c1-5-4-6(2)8(10-11)9-7(5)3;/h11H2,1-3H3,(H,9,10);/q-1;+1. The molecule has 0 spiro atoms. The first-order valence-electron chi connectivity index (χ1n) is 3.49. The van der Waals surface area contributed by atoms with Crippen LogP contribution in [0.15, 0.2) is 0 Å². The van der Waals surface area contributed by atoms with E-state index in [1.807, 2.05) is 20.8 Å². The van der Waals surface area contributed by atoms with Crippen LogP contribution in [0.4, 0.5) is 5.82 Å². The van der Waals surface area contributed by atoms with Crippen LogP contribution in [-0.2, 0) is 0 Å². The Kier molecular flexibility index (Phi) is 6.17. The van der Waals surface area contributed by atoms with Crippen molar-refractivity contribution in [1.29, 1.82) is 0 Å². The summed E-state index contributed by atoms with van der Waals surface area (Å²) in [7, 11) is 2.43. The van der Waals surface area contributed by atoms with Crippen LogP contribution in [0, 0.1) is 26.8 Å². The molecule has 0 saturated heterocycles. The first kappa shape index (κ1) is 13.0. The van der Waals surface area contributed by atoms with Crippen molar-refractivity contribution in [2.24, 2.45) is 0 Å². The quantitative estimate of drug-likeness (QED) is 0.363. The molecule has 0 aliphatic carbocycles. The molecular formula is C8H12KN2P. The molecule has 0 bridgehead atoms. The number of hydrogen-bond acceptors (Lipinski definition) is 2. The monoisotopic (exact) mass is 206 g/mol. The number of anilines is 1. The fourth-order valence-corrected chi connectivity index (χ4v) is 1.19. The maximum absolute atomic E-state index is 4.33. The van der Waals surface area contributed by atoms with E-state index in [4.69, 9.17) is 0 Å². The molecule has 0 saturated carbocycles. The Balaban J connectivity index is 0.00000121. The molecule has 1 aromatic rings. The molecule has 0 aliphatic heterocycles. The number of nitrogens with one attached hydrogen (secondary N) is 1. The molecule has 0 aromatic carbocycles. The summed E-state index contributed by atoms with van der Waals surface area (Å²) in [6.07, 6.45) is 0. The van der Waals surface area contributed by atoms with Crippen LogP contribution >= 0.6 is 9.39 Å². The second-order valence-corrected chi connectivity index (χ2v) is 2.85. The second-order valence-electron chi connectivity index (χ2n) is 2.57. The fourth-order valence-electron chi connectivity index (χ4n) is 0.907. The summed E-state index contributed by atoms with van der Waals surface area (Å²) < 4.78 is 0. The molecule has 0 fully saturated rings. The summed E-state index contributed by atoms with van der Waals surface area (Å²) in [5.74, 6) is 0.887. The molecule has 0 aliphatic rings. The Hall–Kier alpha value is 1.02. The summed E-state index contributed by atoms with van der Waals surface area (Å²) in [4.78, 5) is 4.33. The van der Waals surface area contributed by atoms with Gasteiger partial charge in [-0.3, -0.25) is 0 Å². The first-order chi connectivity index (χ1) is 5.15. The van der Waals surface area contributed by atoms with Gasteiger partial charge in [0.25, 0.3) is 0 Å². The van der Waals surface area contributed by atoms with Crippen molar-refractivity contribution in [3.8, 4) is 0 Å². The number of aryl methyl sites for hydroxylation is 3. The van der Waals surface area contributed by atoms with Crippen LogP contribution in [0.2, 0.25) is 0 Å². The van der Waals surface area contributed by atoms with Gasteiger partial charge in [-0.05, 0) is 0 Å². The molecule has 1 heterocycles. The van der Waals surface area contributed by atoms with Gasteiger partial charge in [0, 0.05) is 5.82 Å². The van der Waals surface area contributed by atoms with Gasteiger partial charge in [-0.2, -0.15) is 6.07 Å². The predicted octanol–water partition coefficient (Wildman–Crippen LogP) is -0.987. The fraction of sp³-hybridized carbons (Fsp3) is 0.375. The van der Waals surface area contributed by atoms with Crippen molar-refractivity contribution in [1.82, 2.24) is 4.98 Å². The van der Waals surface area contributed by atoms with Crippen molar-refractivity contribution in [3.05, 3.63) is 22.9 Å². The Morgan fingerprint density at radius 3 is 2.33 bits per heavy atom. The zero-order valence-electron chi connectivity index (χ0n) is 8.02. The van der Waals surface area contributed by atoms with Crippen molar-refractivity contribution in [2.45, 2.75) is 20.8 Å². The SMILES string of the molecule is Cc1[c-]c(C)c(NP)nc1C.[K+]. The van der Waals surface area contributed by atoms with Crippen molar-refractivity contribution < 1.29 is 51.4 Å². The molecular weight excluding hydrogens is 194 g/mol. The minimum atomic E-state index is 0. The molecule has 12 heavy (non-hydrogen) atoms. The van der Waals surface area contributed by atoms with Gasteiger partial charge in [-0.15, -0.1) is 11.1 Å². The Labute approximate surface area is 119 Å². The molecule has 0 radical (unpaired) electrons. The van der Waals surface area contributed by atoms with Crippen LogP contribution in [-0.4, -0.2) is 4.98 Å². The van der Waals surface area contributed by atoms with Gasteiger partial charge < -0.3 is 10.1 Å². The van der Waals surface area contributed by atoms with E-state index in [2.05, 4.69) is 25.5 Å². The van der Waals surface area contributed by atoms with E-state index in [1.165, 1.54) is 0 Å². The van der Waals surface area contributed by atoms with Gasteiger partial charge in [0.1, 0.15) is 0 Å². The van der Waals surface area contributed by atoms with E-state index >= 15 is 0 Å². The van der Waals surface area contributed by atoms with Gasteiger partial charge in [-0.25, -0.2) is 0 Å². The molecule has 1 atom stereocenters. The summed E-state index contributed by atoms with van der Waals surface area (Å²) >= 11 is 0. The predicted molar refractivity (Wildman–Crippen MR) is 50.6 cm³/mol. The largest absolute Gasteiger partial charge is 1.00 e. The van der Waals surface area contributed by atoms with Crippen molar-refractivity contribution in [3.63, 3.8) is 0 Å². The van der Waals surface area contributed by atoms with Crippen LogP contribution in [0.25, 0.3) is 0 Å². The van der Waals surface area contributed by atoms with E-state index in [-0.39, 0.29) is 51.4 Å². The third kappa shape index (κ3) is 3.06. The Bertz CT molecular complexity index is 276. The van der Waals surface area contributed by atoms with Gasteiger partial charge >= 0.3 is 51.4 Å². The minimum absolute atomic E-state index is 0. The zero-order chi connectivity index (χ0) is 8.43. The average Bonchev–Trinajstić information content (AvgIpc) is 1.97. The molecule has 1 unspecified atom stereocenters. The van der Waals surface area contributed by atoms with E-state index < -0.39 is 0 Å². The molecule has 1 N–H and O–H groups in total. The van der Waals surface area contributed by atoms with E-state index in [9.17, 15) is 0 Å². The molecule has 4 heteroatoms. The topological polar surface area (TPSA) is 24.9 Å². The third-order valence-electron chi connectivity index (χ3n) is 1.69. The van der Waals surface area contributed by atoms with Crippen LogP contribution in [0.1, 0.15) is 16.8 Å². The maximum atomic E-state index is 4.33. The summed E-state index contributed by atoms with van der Waals surface area (Å²) in [6.45, 7) is 5.99. The number of nitrogens with zero attached hydrogens (tertiary/aromatic N) is 1. The third-order valence-corrected chi connectivity index (χ3v) is 1.96. The maximum Gasteiger partial charge on any atom is 1.00 e. The van der Waals surface area contributed by atoms with E-state index in [1.54, 1.807) is 0 Å². The molecule has 1 aromatic heterocycles. The number of rotatable bonds is 1. The second kappa shape index (κ2) is 5.68. The molecule has 0 amide bonds. The van der Waals surface area contributed by atoms with Crippen molar-refractivity contribution in [2.75, 3.05) is 5.09 Å². The Morgan fingerprint density at radius 2 is 1.83 bits per heavy atom. The zero-order valence-corrected chi connectivity index (χ0v) is 12.3. The summed E-state index contributed by atoms with van der Waals surface area (Å²) in [6, 6.07) is 3.22. The van der Waals surface area contributed by atoms with Gasteiger partial charge in [0.05, 0.1) is 0 Å². The Morgan fingerprint density at radius 1 is 1.25 bits per heavy atom. The average molecular weight is 206 g/mol. The summed E-state index contributed by atoms with van der Waals surface area (Å²) in [5.41, 5.74) is 3.20. The van der Waals surface area contributed by atoms with Crippen molar-refractivity contribution >= 4 is 15.2 Å². The van der Waals surface area contributed by atoms with Gasteiger partial charge in [-0.1, -0.05) is 35.9 Å². The van der Waals surface area contributed by atoms with Gasteiger partial charge in [0.2, 0.25) is 0 Å². The summed E-state index contributed by atoms with van der Waals surface area (Å²) in [5, 5.41) is 2.94. The first-order valence-corrected chi connectivity index (χ1v) is 4.06. The normalized spacial score (nSPS) is 9.00. The minimum Gasteiger partial charge on any atom is -0.406 e. The van der Waals surface area contributed by atoms with Crippen LogP contribution < -0.4 is 56.5 Å². The molecule has 1 rings (SSSR count). The number of pyridine rings is 1. The van der Waals surface area contributed by atoms with Crippen LogP contribution in [0.3, 0.4) is 0 Å². The smallest absolute Gasteiger partial charge is 0.406 e. The molecule has 60 valence electrons. The molecule has 2 nitrogen and oxygen atoms in total.